The van der Waals surface area contributed by atoms with Crippen LogP contribution in [0, 0.1) is 0 Å². The zero-order chi connectivity index (χ0) is 14.7. The number of rotatable bonds is 5. The molecule has 1 unspecified atom stereocenters. The maximum absolute atomic E-state index is 12.1. The van der Waals surface area contributed by atoms with Crippen molar-refractivity contribution in [3.8, 4) is 0 Å². The average Bonchev–Trinajstić information content (AvgIpc) is 3.00. The molecule has 0 fully saturated rings. The molecule has 0 aliphatic carbocycles. The van der Waals surface area contributed by atoms with Crippen LogP contribution in [-0.2, 0) is 0 Å². The Labute approximate surface area is 138 Å². The summed E-state index contributed by atoms with van der Waals surface area (Å²) in [6, 6.07) is 5.58. The van der Waals surface area contributed by atoms with Crippen LogP contribution in [0.1, 0.15) is 21.5 Å². The summed E-state index contributed by atoms with van der Waals surface area (Å²) in [6.45, 7) is 0.493. The fourth-order valence-electron chi connectivity index (χ4n) is 1.75. The summed E-state index contributed by atoms with van der Waals surface area (Å²) < 4.78 is 7.22. The fraction of sp³-hybridized carbons (Fsp3) is 0.308. The summed E-state index contributed by atoms with van der Waals surface area (Å²) in [4.78, 5) is 14.8. The molecular formula is C13H14Br2N2O2S. The number of nitrogens with zero attached hydrogens (tertiary/aromatic N) is 1. The van der Waals surface area contributed by atoms with Crippen molar-refractivity contribution in [2.75, 3.05) is 20.6 Å². The summed E-state index contributed by atoms with van der Waals surface area (Å²) in [6.07, 6.45) is 1.64. The van der Waals surface area contributed by atoms with E-state index in [0.29, 0.717) is 11.4 Å². The van der Waals surface area contributed by atoms with Gasteiger partial charge in [-0.05, 0) is 64.2 Å². The van der Waals surface area contributed by atoms with Crippen molar-refractivity contribution in [3.63, 3.8) is 0 Å². The van der Waals surface area contributed by atoms with E-state index in [0.717, 1.165) is 14.0 Å². The lowest BCUT2D eigenvalue weighted by molar-refractivity contribution is 0.0943. The summed E-state index contributed by atoms with van der Waals surface area (Å²) in [7, 11) is 3.91. The summed E-state index contributed by atoms with van der Waals surface area (Å²) in [5.41, 5.74) is 0. The average molecular weight is 422 g/mol. The molecule has 20 heavy (non-hydrogen) atoms. The molecule has 1 atom stereocenters. The van der Waals surface area contributed by atoms with Gasteiger partial charge in [-0.15, -0.1) is 11.3 Å². The van der Waals surface area contributed by atoms with Gasteiger partial charge in [0.25, 0.3) is 5.91 Å². The van der Waals surface area contributed by atoms with E-state index in [4.69, 9.17) is 4.42 Å². The van der Waals surface area contributed by atoms with Crippen molar-refractivity contribution in [1.82, 2.24) is 10.2 Å². The lowest BCUT2D eigenvalue weighted by atomic mass is 10.2. The number of nitrogens with one attached hydrogen (secondary N) is 1. The number of carbonyl (C=O) groups excluding carboxylic acids is 1. The molecule has 0 aromatic carbocycles. The van der Waals surface area contributed by atoms with E-state index < -0.39 is 0 Å². The van der Waals surface area contributed by atoms with Crippen LogP contribution in [0.3, 0.4) is 0 Å². The van der Waals surface area contributed by atoms with Gasteiger partial charge in [0.15, 0.2) is 0 Å². The molecule has 0 bridgehead atoms. The molecule has 7 heteroatoms. The molecule has 0 spiro atoms. The predicted octanol–water partition coefficient (Wildman–Crippen LogP) is 3.90. The van der Waals surface area contributed by atoms with E-state index in [1.54, 1.807) is 6.26 Å². The van der Waals surface area contributed by atoms with Gasteiger partial charge in [0.1, 0.15) is 5.76 Å². The van der Waals surface area contributed by atoms with Crippen LogP contribution in [0.2, 0.25) is 0 Å². The van der Waals surface area contributed by atoms with Crippen molar-refractivity contribution < 1.29 is 9.21 Å². The minimum Gasteiger partial charge on any atom is -0.468 e. The molecule has 2 aromatic rings. The first-order chi connectivity index (χ1) is 9.49. The van der Waals surface area contributed by atoms with Gasteiger partial charge >= 0.3 is 0 Å². The first kappa shape index (κ1) is 15.8. The van der Waals surface area contributed by atoms with E-state index in [2.05, 4.69) is 37.2 Å². The Bertz CT molecular complexity index is 562. The minimum atomic E-state index is -0.0835. The highest BCUT2D eigenvalue weighted by atomic mass is 79.9. The maximum Gasteiger partial charge on any atom is 0.261 e. The molecule has 0 saturated carbocycles. The van der Waals surface area contributed by atoms with Crippen molar-refractivity contribution in [3.05, 3.63) is 43.4 Å². The third kappa shape index (κ3) is 3.72. The monoisotopic (exact) mass is 420 g/mol. The lowest BCUT2D eigenvalue weighted by Crippen LogP contribution is -2.34. The maximum atomic E-state index is 12.1. The van der Waals surface area contributed by atoms with E-state index in [9.17, 15) is 4.79 Å². The van der Waals surface area contributed by atoms with Crippen LogP contribution in [0.4, 0.5) is 0 Å². The Morgan fingerprint density at radius 2 is 2.25 bits per heavy atom. The van der Waals surface area contributed by atoms with E-state index in [1.807, 2.05) is 37.2 Å². The van der Waals surface area contributed by atoms with Crippen molar-refractivity contribution in [1.29, 1.82) is 0 Å². The largest absolute Gasteiger partial charge is 0.468 e. The van der Waals surface area contributed by atoms with Crippen LogP contribution in [0.5, 0.6) is 0 Å². The van der Waals surface area contributed by atoms with Gasteiger partial charge in [-0.1, -0.05) is 0 Å². The fourth-order valence-corrected chi connectivity index (χ4v) is 3.71. The number of carbonyl (C=O) groups is 1. The van der Waals surface area contributed by atoms with Crippen molar-refractivity contribution in [2.45, 2.75) is 6.04 Å². The Balaban J connectivity index is 2.01. The van der Waals surface area contributed by atoms with Crippen LogP contribution >= 0.6 is 43.2 Å². The van der Waals surface area contributed by atoms with E-state index in [1.165, 1.54) is 11.3 Å². The third-order valence-corrected chi connectivity index (χ3v) is 6.07. The molecule has 4 nitrogen and oxygen atoms in total. The molecule has 0 radical (unpaired) electrons. The van der Waals surface area contributed by atoms with Gasteiger partial charge in [0.05, 0.1) is 21.0 Å². The SMILES string of the molecule is CN(C)C(CNC(=O)c1cc(Br)c(Br)s1)c1ccco1. The molecule has 0 saturated heterocycles. The molecule has 108 valence electrons. The summed E-state index contributed by atoms with van der Waals surface area (Å²) in [5, 5.41) is 2.94. The smallest absolute Gasteiger partial charge is 0.261 e. The molecule has 1 amide bonds. The number of halogens is 2. The zero-order valence-electron chi connectivity index (χ0n) is 11.0. The molecule has 2 aromatic heterocycles. The van der Waals surface area contributed by atoms with Crippen LogP contribution in [0.15, 0.2) is 37.1 Å². The number of thiophene rings is 1. The van der Waals surface area contributed by atoms with Gasteiger partial charge in [-0.25, -0.2) is 0 Å². The minimum absolute atomic E-state index is 0.0146. The molecule has 2 heterocycles. The van der Waals surface area contributed by atoms with Crippen LogP contribution in [0.25, 0.3) is 0 Å². The molecule has 2 rings (SSSR count). The lowest BCUT2D eigenvalue weighted by Gasteiger charge is -2.22. The Morgan fingerprint density at radius 3 is 2.75 bits per heavy atom. The summed E-state index contributed by atoms with van der Waals surface area (Å²) in [5.74, 6) is 0.753. The van der Waals surface area contributed by atoms with Crippen molar-refractivity contribution >= 4 is 49.1 Å². The highest BCUT2D eigenvalue weighted by Gasteiger charge is 2.19. The first-order valence-corrected chi connectivity index (χ1v) is 8.32. The highest BCUT2D eigenvalue weighted by molar-refractivity contribution is 9.13. The van der Waals surface area contributed by atoms with Crippen LogP contribution in [-0.4, -0.2) is 31.4 Å². The number of furan rings is 1. The number of hydrogen-bond acceptors (Lipinski definition) is 4. The van der Waals surface area contributed by atoms with E-state index >= 15 is 0 Å². The van der Waals surface area contributed by atoms with Crippen LogP contribution < -0.4 is 5.32 Å². The van der Waals surface area contributed by atoms with Gasteiger partial charge < -0.3 is 9.73 Å². The second-order valence-corrected chi connectivity index (χ2v) is 7.66. The Kier molecular flexibility index (Phi) is 5.42. The van der Waals surface area contributed by atoms with E-state index in [-0.39, 0.29) is 11.9 Å². The molecular weight excluding hydrogens is 408 g/mol. The van der Waals surface area contributed by atoms with Gasteiger partial charge in [-0.2, -0.15) is 0 Å². The standard InChI is InChI=1S/C13H14Br2N2O2S/c1-17(2)9(10-4-3-5-19-10)7-16-13(18)11-6-8(14)12(15)20-11/h3-6,9H,7H2,1-2H3,(H,16,18). The zero-order valence-corrected chi connectivity index (χ0v) is 15.0. The summed E-state index contributed by atoms with van der Waals surface area (Å²) >= 11 is 8.17. The number of amides is 1. The second kappa shape index (κ2) is 6.89. The quantitative estimate of drug-likeness (QED) is 0.796. The Morgan fingerprint density at radius 1 is 1.50 bits per heavy atom. The molecule has 0 aliphatic rings. The highest BCUT2D eigenvalue weighted by Crippen LogP contribution is 2.32. The Hall–Kier alpha value is -0.630. The first-order valence-electron chi connectivity index (χ1n) is 5.92. The number of likely N-dealkylation sites (N-methyl/N-ethyl adjacent to an activating group) is 1. The third-order valence-electron chi connectivity index (χ3n) is 2.82. The van der Waals surface area contributed by atoms with Crippen molar-refractivity contribution in [2.24, 2.45) is 0 Å². The topological polar surface area (TPSA) is 45.5 Å². The second-order valence-electron chi connectivity index (χ2n) is 4.44. The molecule has 1 N–H and O–H groups in total. The normalized spacial score (nSPS) is 12.7. The van der Waals surface area contributed by atoms with Gasteiger partial charge in [-0.3, -0.25) is 9.69 Å². The molecule has 0 aliphatic heterocycles. The number of hydrogen-bond donors (Lipinski definition) is 1. The predicted molar refractivity (Wildman–Crippen MR) is 87.2 cm³/mol. The van der Waals surface area contributed by atoms with Gasteiger partial charge in [0, 0.05) is 11.0 Å². The van der Waals surface area contributed by atoms with Gasteiger partial charge in [0.2, 0.25) is 0 Å².